The fourth-order valence-corrected chi connectivity index (χ4v) is 2.83. The number of likely N-dealkylation sites (tertiary alicyclic amines) is 1. The molecule has 108 valence electrons. The minimum Gasteiger partial charge on any atom is -0.480 e. The number of carboxylic acids is 1. The molecule has 0 aromatic carbocycles. The van der Waals surface area contributed by atoms with Crippen LogP contribution in [0.5, 0.6) is 0 Å². The first-order valence-corrected chi connectivity index (χ1v) is 6.88. The van der Waals surface area contributed by atoms with Gasteiger partial charge in [0.1, 0.15) is 5.54 Å². The van der Waals surface area contributed by atoms with Gasteiger partial charge in [0.05, 0.1) is 12.1 Å². The number of amides is 2. The van der Waals surface area contributed by atoms with Crippen LogP contribution in [0.1, 0.15) is 39.5 Å². The highest BCUT2D eigenvalue weighted by molar-refractivity contribution is 5.86. The first-order chi connectivity index (χ1) is 8.95. The predicted molar refractivity (Wildman–Crippen MR) is 68.9 cm³/mol. The number of hydrogen-bond acceptors (Lipinski definition) is 3. The van der Waals surface area contributed by atoms with Gasteiger partial charge in [-0.15, -0.1) is 0 Å². The third-order valence-electron chi connectivity index (χ3n) is 4.28. The summed E-state index contributed by atoms with van der Waals surface area (Å²) in [5, 5.41) is 12.3. The summed E-state index contributed by atoms with van der Waals surface area (Å²) < 4.78 is 5.40. The lowest BCUT2D eigenvalue weighted by atomic mass is 9.89. The van der Waals surface area contributed by atoms with Crippen molar-refractivity contribution in [1.82, 2.24) is 10.2 Å². The molecule has 2 aliphatic heterocycles. The van der Waals surface area contributed by atoms with Gasteiger partial charge >= 0.3 is 12.0 Å². The molecule has 0 bridgehead atoms. The smallest absolute Gasteiger partial charge is 0.329 e. The molecule has 0 aromatic rings. The normalized spacial score (nSPS) is 35.2. The average molecular weight is 270 g/mol. The zero-order valence-electron chi connectivity index (χ0n) is 11.5. The largest absolute Gasteiger partial charge is 0.480 e. The lowest BCUT2D eigenvalue weighted by Crippen LogP contribution is -2.61. The highest BCUT2D eigenvalue weighted by atomic mass is 16.5. The van der Waals surface area contributed by atoms with E-state index in [2.05, 4.69) is 5.32 Å². The second kappa shape index (κ2) is 5.36. The van der Waals surface area contributed by atoms with Gasteiger partial charge in [-0.1, -0.05) is 0 Å². The quantitative estimate of drug-likeness (QED) is 0.790. The number of carbonyl (C=O) groups excluding carboxylic acids is 1. The van der Waals surface area contributed by atoms with E-state index in [1.165, 1.54) is 4.90 Å². The molecule has 2 aliphatic rings. The number of carbonyl (C=O) groups is 2. The van der Waals surface area contributed by atoms with Gasteiger partial charge in [-0.3, -0.25) is 0 Å². The van der Waals surface area contributed by atoms with Gasteiger partial charge in [0.15, 0.2) is 0 Å². The van der Waals surface area contributed by atoms with Crippen molar-refractivity contribution >= 4 is 12.0 Å². The second-order valence-corrected chi connectivity index (χ2v) is 5.61. The van der Waals surface area contributed by atoms with Gasteiger partial charge in [0, 0.05) is 13.2 Å². The van der Waals surface area contributed by atoms with Crippen LogP contribution in [0.2, 0.25) is 0 Å². The van der Waals surface area contributed by atoms with Crippen molar-refractivity contribution in [2.45, 2.75) is 57.2 Å². The van der Waals surface area contributed by atoms with E-state index in [4.69, 9.17) is 4.74 Å². The summed E-state index contributed by atoms with van der Waals surface area (Å²) in [4.78, 5) is 25.2. The summed E-state index contributed by atoms with van der Waals surface area (Å²) >= 11 is 0. The highest BCUT2D eigenvalue weighted by Gasteiger charge is 2.44. The number of nitrogens with zero attached hydrogens (tertiary/aromatic N) is 1. The maximum absolute atomic E-state index is 12.3. The number of ether oxygens (including phenoxy) is 1. The Morgan fingerprint density at radius 3 is 2.74 bits per heavy atom. The summed E-state index contributed by atoms with van der Waals surface area (Å²) in [6.45, 7) is 4.69. The number of piperidine rings is 1. The monoisotopic (exact) mass is 270 g/mol. The molecule has 0 aliphatic carbocycles. The van der Waals surface area contributed by atoms with E-state index in [9.17, 15) is 14.7 Å². The maximum atomic E-state index is 12.3. The van der Waals surface area contributed by atoms with Crippen molar-refractivity contribution in [1.29, 1.82) is 0 Å². The number of aliphatic carboxylic acids is 1. The number of carboxylic acid groups (broad SMARTS) is 1. The van der Waals surface area contributed by atoms with Gasteiger partial charge in [-0.2, -0.15) is 0 Å². The first kappa shape index (κ1) is 14.1. The summed E-state index contributed by atoms with van der Waals surface area (Å²) in [7, 11) is 0. The molecule has 2 fully saturated rings. The molecule has 2 N–H and O–H groups in total. The SMILES string of the molecule is CC1OCCC1NC(=O)N1CCCCC1(C)C(=O)O. The Morgan fingerprint density at radius 1 is 1.42 bits per heavy atom. The number of nitrogens with one attached hydrogen (secondary N) is 1. The molecule has 0 aromatic heterocycles. The average Bonchev–Trinajstić information content (AvgIpc) is 2.75. The lowest BCUT2D eigenvalue weighted by molar-refractivity contribution is -0.150. The molecule has 2 heterocycles. The van der Waals surface area contributed by atoms with Crippen molar-refractivity contribution < 1.29 is 19.4 Å². The molecule has 3 unspecified atom stereocenters. The molecule has 6 nitrogen and oxygen atoms in total. The first-order valence-electron chi connectivity index (χ1n) is 6.88. The molecule has 3 atom stereocenters. The zero-order valence-corrected chi connectivity index (χ0v) is 11.5. The van der Waals surface area contributed by atoms with Gasteiger partial charge in [0.25, 0.3) is 0 Å². The van der Waals surface area contributed by atoms with Crippen LogP contribution >= 0.6 is 0 Å². The Balaban J connectivity index is 2.05. The van der Waals surface area contributed by atoms with Gasteiger partial charge in [0.2, 0.25) is 0 Å². The Hall–Kier alpha value is -1.30. The van der Waals surface area contributed by atoms with Crippen LogP contribution in [0.15, 0.2) is 0 Å². The Labute approximate surface area is 113 Å². The van der Waals surface area contributed by atoms with E-state index in [0.717, 1.165) is 19.3 Å². The Bertz CT molecular complexity index is 374. The number of urea groups is 1. The third kappa shape index (κ3) is 2.68. The van der Waals surface area contributed by atoms with Crippen LogP contribution in [0.4, 0.5) is 4.79 Å². The molecule has 2 rings (SSSR count). The molecular formula is C13H22N2O4. The van der Waals surface area contributed by atoms with E-state index in [0.29, 0.717) is 19.6 Å². The van der Waals surface area contributed by atoms with Crippen LogP contribution in [-0.2, 0) is 9.53 Å². The lowest BCUT2D eigenvalue weighted by Gasteiger charge is -2.42. The highest BCUT2D eigenvalue weighted by Crippen LogP contribution is 2.28. The molecule has 19 heavy (non-hydrogen) atoms. The fourth-order valence-electron chi connectivity index (χ4n) is 2.83. The van der Waals surface area contributed by atoms with Gasteiger partial charge in [-0.25, -0.2) is 9.59 Å². The van der Waals surface area contributed by atoms with E-state index >= 15 is 0 Å². The predicted octanol–water partition coefficient (Wildman–Crippen LogP) is 1.20. The Kier molecular flexibility index (Phi) is 3.99. The van der Waals surface area contributed by atoms with E-state index in [-0.39, 0.29) is 18.2 Å². The van der Waals surface area contributed by atoms with Crippen LogP contribution in [0.3, 0.4) is 0 Å². The Morgan fingerprint density at radius 2 is 2.16 bits per heavy atom. The van der Waals surface area contributed by atoms with E-state index < -0.39 is 11.5 Å². The van der Waals surface area contributed by atoms with Crippen molar-refractivity contribution in [2.75, 3.05) is 13.2 Å². The van der Waals surface area contributed by atoms with Gasteiger partial charge in [-0.05, 0) is 39.5 Å². The van der Waals surface area contributed by atoms with E-state index in [1.54, 1.807) is 6.92 Å². The van der Waals surface area contributed by atoms with Crippen molar-refractivity contribution in [3.05, 3.63) is 0 Å². The van der Waals surface area contributed by atoms with Crippen molar-refractivity contribution in [3.8, 4) is 0 Å². The molecular weight excluding hydrogens is 248 g/mol. The summed E-state index contributed by atoms with van der Waals surface area (Å²) in [5.74, 6) is -0.932. The summed E-state index contributed by atoms with van der Waals surface area (Å²) in [5.41, 5.74) is -1.09. The van der Waals surface area contributed by atoms with Crippen LogP contribution in [0, 0.1) is 0 Å². The molecule has 0 radical (unpaired) electrons. The molecule has 2 saturated heterocycles. The second-order valence-electron chi connectivity index (χ2n) is 5.61. The van der Waals surface area contributed by atoms with Gasteiger partial charge < -0.3 is 20.1 Å². The molecule has 6 heteroatoms. The zero-order chi connectivity index (χ0) is 14.0. The van der Waals surface area contributed by atoms with Crippen LogP contribution < -0.4 is 5.32 Å². The van der Waals surface area contributed by atoms with Crippen LogP contribution in [0.25, 0.3) is 0 Å². The van der Waals surface area contributed by atoms with Crippen molar-refractivity contribution in [2.24, 2.45) is 0 Å². The van der Waals surface area contributed by atoms with Crippen LogP contribution in [-0.4, -0.2) is 52.8 Å². The standard InChI is InChI=1S/C13H22N2O4/c1-9-10(5-8-19-9)14-12(18)15-7-4-3-6-13(15,2)11(16)17/h9-10H,3-8H2,1-2H3,(H,14,18)(H,16,17). The topological polar surface area (TPSA) is 78.9 Å². The number of hydrogen-bond donors (Lipinski definition) is 2. The fraction of sp³-hybridized carbons (Fsp3) is 0.846. The molecule has 0 spiro atoms. The maximum Gasteiger partial charge on any atom is 0.329 e. The van der Waals surface area contributed by atoms with Crippen molar-refractivity contribution in [3.63, 3.8) is 0 Å². The minimum atomic E-state index is -1.09. The molecule has 2 amide bonds. The number of rotatable bonds is 2. The van der Waals surface area contributed by atoms with E-state index in [1.807, 2.05) is 6.92 Å². The third-order valence-corrected chi connectivity index (χ3v) is 4.28. The molecule has 0 saturated carbocycles. The summed E-state index contributed by atoms with van der Waals surface area (Å²) in [6.07, 6.45) is 2.98. The minimum absolute atomic E-state index is 0.00942. The summed E-state index contributed by atoms with van der Waals surface area (Å²) in [6, 6.07) is -0.306.